The van der Waals surface area contributed by atoms with Crippen molar-refractivity contribution in [1.29, 1.82) is 0 Å². The molecule has 0 radical (unpaired) electrons. The zero-order chi connectivity index (χ0) is 20.6. The van der Waals surface area contributed by atoms with Gasteiger partial charge in [0.15, 0.2) is 5.69 Å². The Balaban J connectivity index is 1.49. The van der Waals surface area contributed by atoms with Gasteiger partial charge >= 0.3 is 6.18 Å². The number of amides is 1. The molecule has 1 saturated carbocycles. The number of rotatable bonds is 6. The lowest BCUT2D eigenvalue weighted by atomic mass is 10.2. The highest BCUT2D eigenvalue weighted by Crippen LogP contribution is 2.46. The molecule has 29 heavy (non-hydrogen) atoms. The second kappa shape index (κ2) is 7.66. The van der Waals surface area contributed by atoms with Crippen molar-refractivity contribution in [3.8, 4) is 0 Å². The second-order valence-electron chi connectivity index (χ2n) is 6.93. The number of anilines is 1. The van der Waals surface area contributed by atoms with Crippen LogP contribution in [0.25, 0.3) is 0 Å². The fourth-order valence-corrected chi connectivity index (χ4v) is 4.00. The molecule has 0 saturated heterocycles. The van der Waals surface area contributed by atoms with Crippen LogP contribution in [0.3, 0.4) is 0 Å². The number of hydrogen-bond acceptors (Lipinski definition) is 3. The maximum atomic E-state index is 13.2. The van der Waals surface area contributed by atoms with Crippen LogP contribution in [0.1, 0.15) is 35.7 Å². The maximum Gasteiger partial charge on any atom is 0.436 e. The van der Waals surface area contributed by atoms with E-state index in [1.54, 1.807) is 23.0 Å². The Morgan fingerprint density at radius 3 is 2.72 bits per heavy atom. The lowest BCUT2D eigenvalue weighted by Crippen LogP contribution is -2.21. The fourth-order valence-electron chi connectivity index (χ4n) is 3.17. The lowest BCUT2D eigenvalue weighted by molar-refractivity contribution is -0.142. The summed E-state index contributed by atoms with van der Waals surface area (Å²) in [6.45, 7) is 0.257. The average molecular weight is 468 g/mol. The number of alkyl halides is 3. The van der Waals surface area contributed by atoms with E-state index in [9.17, 15) is 18.0 Å². The normalized spacial score (nSPS) is 14.2. The summed E-state index contributed by atoms with van der Waals surface area (Å²) in [5.41, 5.74) is 0.939. The van der Waals surface area contributed by atoms with Gasteiger partial charge in [0.05, 0.1) is 16.7 Å². The summed E-state index contributed by atoms with van der Waals surface area (Å²) in [4.78, 5) is 12.5. The summed E-state index contributed by atoms with van der Waals surface area (Å²) >= 11 is 3.03. The highest BCUT2D eigenvalue weighted by Gasteiger charge is 2.41. The number of carbonyl (C=O) groups excluding carboxylic acids is 1. The van der Waals surface area contributed by atoms with E-state index in [1.165, 1.54) is 0 Å². The first-order valence-electron chi connectivity index (χ1n) is 9.01. The molecule has 0 unspecified atom stereocenters. The summed E-state index contributed by atoms with van der Waals surface area (Å²) in [7, 11) is 0. The van der Waals surface area contributed by atoms with Gasteiger partial charge in [-0.1, -0.05) is 12.1 Å². The predicted octanol–water partition coefficient (Wildman–Crippen LogP) is 4.43. The van der Waals surface area contributed by atoms with Crippen molar-refractivity contribution in [2.75, 3.05) is 5.32 Å². The van der Waals surface area contributed by atoms with Crippen LogP contribution < -0.4 is 5.32 Å². The minimum absolute atomic E-state index is 0.00169. The van der Waals surface area contributed by atoms with Gasteiger partial charge in [0.1, 0.15) is 6.54 Å². The van der Waals surface area contributed by atoms with E-state index >= 15 is 0 Å². The van der Waals surface area contributed by atoms with E-state index < -0.39 is 17.8 Å². The van der Waals surface area contributed by atoms with Crippen LogP contribution in [0.5, 0.6) is 0 Å². The molecule has 0 aliphatic heterocycles. The van der Waals surface area contributed by atoms with Crippen LogP contribution in [0, 0.1) is 0 Å². The number of carbonyl (C=O) groups is 1. The Kier molecular flexibility index (Phi) is 5.20. The minimum Gasteiger partial charge on any atom is -0.324 e. The van der Waals surface area contributed by atoms with Crippen molar-refractivity contribution in [2.45, 2.75) is 38.0 Å². The van der Waals surface area contributed by atoms with E-state index in [-0.39, 0.29) is 16.9 Å². The first kappa shape index (κ1) is 19.7. The highest BCUT2D eigenvalue weighted by atomic mass is 79.9. The number of aromatic nitrogens is 4. The van der Waals surface area contributed by atoms with Gasteiger partial charge in [-0.2, -0.15) is 23.4 Å². The molecule has 152 valence electrons. The Morgan fingerprint density at radius 2 is 2.07 bits per heavy atom. The Morgan fingerprint density at radius 1 is 1.28 bits per heavy atom. The Labute approximate surface area is 172 Å². The van der Waals surface area contributed by atoms with E-state index in [1.807, 2.05) is 24.4 Å². The first-order valence-corrected chi connectivity index (χ1v) is 9.80. The molecule has 2 heterocycles. The number of halogens is 4. The summed E-state index contributed by atoms with van der Waals surface area (Å²) in [5.74, 6) is -0.440. The van der Waals surface area contributed by atoms with Crippen molar-refractivity contribution in [2.24, 2.45) is 0 Å². The molecule has 1 aromatic carbocycles. The van der Waals surface area contributed by atoms with Gasteiger partial charge in [0.25, 0.3) is 0 Å². The fraction of sp³-hybridized carbons (Fsp3) is 0.316. The second-order valence-corrected chi connectivity index (χ2v) is 7.72. The third-order valence-electron chi connectivity index (χ3n) is 4.57. The van der Waals surface area contributed by atoms with Gasteiger partial charge in [-0.3, -0.25) is 14.2 Å². The summed E-state index contributed by atoms with van der Waals surface area (Å²) in [6, 6.07) is 9.06. The zero-order valence-electron chi connectivity index (χ0n) is 15.2. The minimum atomic E-state index is -4.58. The van der Waals surface area contributed by atoms with Crippen molar-refractivity contribution in [3.63, 3.8) is 0 Å². The molecular weight excluding hydrogens is 451 g/mol. The molecule has 10 heteroatoms. The van der Waals surface area contributed by atoms with Crippen LogP contribution in [0.2, 0.25) is 0 Å². The molecule has 1 amide bonds. The third kappa shape index (κ3) is 4.52. The smallest absolute Gasteiger partial charge is 0.324 e. The van der Waals surface area contributed by atoms with Gasteiger partial charge in [-0.25, -0.2) is 0 Å². The molecule has 1 N–H and O–H groups in total. The van der Waals surface area contributed by atoms with Crippen molar-refractivity contribution < 1.29 is 18.0 Å². The topological polar surface area (TPSA) is 64.7 Å². The van der Waals surface area contributed by atoms with Crippen molar-refractivity contribution in [3.05, 3.63) is 64.1 Å². The van der Waals surface area contributed by atoms with Crippen LogP contribution in [0.15, 0.2) is 47.2 Å². The largest absolute Gasteiger partial charge is 0.436 e. The molecule has 1 fully saturated rings. The molecule has 1 aliphatic carbocycles. The van der Waals surface area contributed by atoms with Crippen LogP contribution in [-0.4, -0.2) is 25.5 Å². The summed E-state index contributed by atoms with van der Waals surface area (Å²) in [5, 5.41) is 10.5. The van der Waals surface area contributed by atoms with E-state index in [0.717, 1.165) is 23.1 Å². The average Bonchev–Trinajstić information content (AvgIpc) is 3.23. The number of nitrogens with zero attached hydrogens (tertiary/aromatic N) is 4. The maximum absolute atomic E-state index is 13.2. The summed E-state index contributed by atoms with van der Waals surface area (Å²) in [6.07, 6.45) is 0.515. The molecule has 3 aromatic rings. The van der Waals surface area contributed by atoms with Crippen LogP contribution >= 0.6 is 15.9 Å². The van der Waals surface area contributed by atoms with Crippen molar-refractivity contribution in [1.82, 2.24) is 19.6 Å². The quantitative estimate of drug-likeness (QED) is 0.583. The zero-order valence-corrected chi connectivity index (χ0v) is 16.7. The molecule has 0 atom stereocenters. The third-order valence-corrected chi connectivity index (χ3v) is 5.35. The van der Waals surface area contributed by atoms with Gasteiger partial charge in [-0.15, -0.1) is 0 Å². The van der Waals surface area contributed by atoms with Gasteiger partial charge < -0.3 is 5.32 Å². The SMILES string of the molecule is O=C(Cn1nc(C(F)(F)F)c(Br)c1C1CC1)Nc1cccc(Cn2cccn2)c1. The lowest BCUT2D eigenvalue weighted by Gasteiger charge is -2.10. The van der Waals surface area contributed by atoms with E-state index in [0.29, 0.717) is 17.9 Å². The number of nitrogens with one attached hydrogen (secondary N) is 1. The molecule has 0 spiro atoms. The van der Waals surface area contributed by atoms with E-state index in [2.05, 4.69) is 31.4 Å². The summed E-state index contributed by atoms with van der Waals surface area (Å²) < 4.78 is 42.4. The van der Waals surface area contributed by atoms with E-state index in [4.69, 9.17) is 0 Å². The number of benzene rings is 1. The van der Waals surface area contributed by atoms with Gasteiger partial charge in [0.2, 0.25) is 5.91 Å². The first-order chi connectivity index (χ1) is 13.8. The van der Waals surface area contributed by atoms with Gasteiger partial charge in [0, 0.05) is 24.0 Å². The van der Waals surface area contributed by atoms with Gasteiger partial charge in [-0.05, 0) is 52.5 Å². The highest BCUT2D eigenvalue weighted by molar-refractivity contribution is 9.10. The predicted molar refractivity (Wildman–Crippen MR) is 103 cm³/mol. The van der Waals surface area contributed by atoms with Crippen LogP contribution in [0.4, 0.5) is 18.9 Å². The molecule has 6 nitrogen and oxygen atoms in total. The molecule has 4 rings (SSSR count). The monoisotopic (exact) mass is 467 g/mol. The molecular formula is C19H17BrF3N5O. The Hall–Kier alpha value is -2.62. The number of hydrogen-bond donors (Lipinski definition) is 1. The molecule has 2 aromatic heterocycles. The molecule has 1 aliphatic rings. The standard InChI is InChI=1S/C19H17BrF3N5O/c20-16-17(13-5-6-13)28(26-18(16)19(21,22)23)11-15(29)25-14-4-1-3-12(9-14)10-27-8-2-7-24-27/h1-4,7-9,13H,5-6,10-11H2,(H,25,29). The van der Waals surface area contributed by atoms with Crippen molar-refractivity contribution >= 4 is 27.5 Å². The molecule has 0 bridgehead atoms. The van der Waals surface area contributed by atoms with Crippen LogP contribution in [-0.2, 0) is 24.1 Å². The Bertz CT molecular complexity index is 1030.